The number of piperidine rings is 1. The number of benzene rings is 2. The van der Waals surface area contributed by atoms with Gasteiger partial charge in [0.15, 0.2) is 5.79 Å². The van der Waals surface area contributed by atoms with Gasteiger partial charge in [0.1, 0.15) is 5.75 Å². The van der Waals surface area contributed by atoms with Crippen molar-refractivity contribution in [2.45, 2.75) is 51.0 Å². The molecule has 5 rings (SSSR count). The zero-order valence-corrected chi connectivity index (χ0v) is 19.1. The van der Waals surface area contributed by atoms with Gasteiger partial charge in [-0.05, 0) is 42.5 Å². The zero-order chi connectivity index (χ0) is 21.8. The molecule has 2 aliphatic rings. The van der Waals surface area contributed by atoms with Gasteiger partial charge in [-0.25, -0.2) is 0 Å². The molecule has 5 heteroatoms. The number of aryl methyl sites for hydroxylation is 2. The average molecular weight is 435 g/mol. The topological polar surface area (TPSA) is 35.9 Å². The highest BCUT2D eigenvalue weighted by atomic mass is 16.7. The van der Waals surface area contributed by atoms with Crippen molar-refractivity contribution in [3.05, 3.63) is 65.9 Å². The fraction of sp³-hybridized carbons (Fsp3) is 0.481. The smallest absolute Gasteiger partial charge is 0.170 e. The minimum absolute atomic E-state index is 0.326. The number of fused-ring (bicyclic) bond motifs is 1. The Morgan fingerprint density at radius 1 is 1.00 bits per heavy atom. The van der Waals surface area contributed by atoms with Gasteiger partial charge in [-0.15, -0.1) is 0 Å². The number of hydrogen-bond donors (Lipinski definition) is 0. The van der Waals surface area contributed by atoms with Crippen LogP contribution in [0.25, 0.3) is 10.9 Å². The van der Waals surface area contributed by atoms with Crippen LogP contribution in [0.2, 0.25) is 0 Å². The number of aromatic nitrogens is 1. The molecule has 3 heterocycles. The van der Waals surface area contributed by atoms with Crippen molar-refractivity contribution in [3.63, 3.8) is 0 Å². The number of methoxy groups -OCH3 is 1. The molecule has 3 aromatic rings. The van der Waals surface area contributed by atoms with E-state index in [1.807, 2.05) is 0 Å². The second-order valence-electron chi connectivity index (χ2n) is 9.06. The highest BCUT2D eigenvalue weighted by Crippen LogP contribution is 2.33. The van der Waals surface area contributed by atoms with Gasteiger partial charge in [0, 0.05) is 56.7 Å². The Bertz CT molecular complexity index is 1010. The van der Waals surface area contributed by atoms with Crippen molar-refractivity contribution in [3.8, 4) is 5.75 Å². The number of likely N-dealkylation sites (tertiary alicyclic amines) is 1. The Kier molecular flexibility index (Phi) is 6.49. The maximum absolute atomic E-state index is 6.02. The van der Waals surface area contributed by atoms with Gasteiger partial charge in [-0.1, -0.05) is 30.3 Å². The summed E-state index contributed by atoms with van der Waals surface area (Å²) in [5.74, 6) is 0.589. The third-order valence-electron chi connectivity index (χ3n) is 6.91. The van der Waals surface area contributed by atoms with Crippen molar-refractivity contribution >= 4 is 10.9 Å². The molecule has 0 unspecified atom stereocenters. The summed E-state index contributed by atoms with van der Waals surface area (Å²) >= 11 is 0. The summed E-state index contributed by atoms with van der Waals surface area (Å²) < 4.78 is 20.0. The number of ether oxygens (including phenoxy) is 3. The molecule has 0 atom stereocenters. The molecule has 2 saturated heterocycles. The summed E-state index contributed by atoms with van der Waals surface area (Å²) in [4.78, 5) is 2.54. The lowest BCUT2D eigenvalue weighted by Gasteiger charge is -2.43. The van der Waals surface area contributed by atoms with Gasteiger partial charge in [0.2, 0.25) is 0 Å². The Morgan fingerprint density at radius 2 is 1.78 bits per heavy atom. The van der Waals surface area contributed by atoms with Crippen LogP contribution in [-0.4, -0.2) is 48.7 Å². The van der Waals surface area contributed by atoms with E-state index in [1.54, 1.807) is 7.11 Å². The maximum Gasteiger partial charge on any atom is 0.170 e. The van der Waals surface area contributed by atoms with E-state index in [4.69, 9.17) is 14.2 Å². The predicted molar refractivity (Wildman–Crippen MR) is 127 cm³/mol. The molecule has 2 aromatic carbocycles. The Morgan fingerprint density at radius 3 is 2.53 bits per heavy atom. The highest BCUT2D eigenvalue weighted by molar-refractivity contribution is 5.85. The summed E-state index contributed by atoms with van der Waals surface area (Å²) in [5.41, 5.74) is 4.06. The monoisotopic (exact) mass is 434 g/mol. The van der Waals surface area contributed by atoms with E-state index in [0.717, 1.165) is 77.2 Å². The van der Waals surface area contributed by atoms with Gasteiger partial charge in [-0.3, -0.25) is 4.90 Å². The molecule has 0 amide bonds. The quantitative estimate of drug-likeness (QED) is 0.524. The predicted octanol–water partition coefficient (Wildman–Crippen LogP) is 5.01. The summed E-state index contributed by atoms with van der Waals surface area (Å²) in [5, 5.41) is 1.33. The van der Waals surface area contributed by atoms with E-state index >= 15 is 0 Å². The largest absolute Gasteiger partial charge is 0.497 e. The lowest BCUT2D eigenvalue weighted by atomic mass is 10.0. The van der Waals surface area contributed by atoms with E-state index in [0.29, 0.717) is 0 Å². The van der Waals surface area contributed by atoms with Crippen LogP contribution >= 0.6 is 0 Å². The van der Waals surface area contributed by atoms with Gasteiger partial charge in [0.05, 0.1) is 25.8 Å². The first-order valence-electron chi connectivity index (χ1n) is 11.9. The van der Waals surface area contributed by atoms with E-state index in [2.05, 4.69) is 64.2 Å². The van der Waals surface area contributed by atoms with Crippen molar-refractivity contribution in [2.75, 3.05) is 33.4 Å². The first-order chi connectivity index (χ1) is 15.7. The van der Waals surface area contributed by atoms with Crippen LogP contribution in [0.1, 0.15) is 36.8 Å². The minimum atomic E-state index is -0.326. The normalized spacial score (nSPS) is 18.9. The van der Waals surface area contributed by atoms with Crippen molar-refractivity contribution in [2.24, 2.45) is 0 Å². The van der Waals surface area contributed by atoms with E-state index < -0.39 is 0 Å². The average Bonchev–Trinajstić information content (AvgIpc) is 3.18. The Labute approximate surface area is 190 Å². The van der Waals surface area contributed by atoms with Crippen LogP contribution < -0.4 is 4.74 Å². The summed E-state index contributed by atoms with van der Waals surface area (Å²) in [6.07, 6.45) is 7.48. The van der Waals surface area contributed by atoms with Crippen LogP contribution in [0.5, 0.6) is 5.75 Å². The molecule has 0 saturated carbocycles. The molecular weight excluding hydrogens is 400 g/mol. The van der Waals surface area contributed by atoms with Crippen molar-refractivity contribution < 1.29 is 14.2 Å². The van der Waals surface area contributed by atoms with Gasteiger partial charge in [-0.2, -0.15) is 0 Å². The van der Waals surface area contributed by atoms with Crippen LogP contribution in [0.4, 0.5) is 0 Å². The van der Waals surface area contributed by atoms with Crippen LogP contribution in [0.15, 0.2) is 54.7 Å². The van der Waals surface area contributed by atoms with Crippen LogP contribution in [-0.2, 0) is 29.0 Å². The van der Waals surface area contributed by atoms with Gasteiger partial charge < -0.3 is 18.8 Å². The second kappa shape index (κ2) is 9.65. The Hall–Kier alpha value is -2.34. The molecular formula is C27H34N2O3. The molecule has 170 valence electrons. The molecule has 0 N–H and O–H groups in total. The van der Waals surface area contributed by atoms with E-state index in [9.17, 15) is 0 Å². The molecule has 0 radical (unpaired) electrons. The molecule has 0 aliphatic carbocycles. The zero-order valence-electron chi connectivity index (χ0n) is 19.1. The number of nitrogens with zero attached hydrogens (tertiary/aromatic N) is 2. The van der Waals surface area contributed by atoms with Crippen LogP contribution in [0.3, 0.4) is 0 Å². The fourth-order valence-corrected chi connectivity index (χ4v) is 5.08. The second-order valence-corrected chi connectivity index (χ2v) is 9.06. The minimum Gasteiger partial charge on any atom is -0.497 e. The number of hydrogen-bond acceptors (Lipinski definition) is 4. The fourth-order valence-electron chi connectivity index (χ4n) is 5.08. The van der Waals surface area contributed by atoms with Crippen LogP contribution in [0, 0.1) is 0 Å². The summed E-state index contributed by atoms with van der Waals surface area (Å²) in [6.45, 7) is 5.65. The van der Waals surface area contributed by atoms with Gasteiger partial charge >= 0.3 is 0 Å². The number of rotatable bonds is 7. The lowest BCUT2D eigenvalue weighted by molar-refractivity contribution is -0.284. The SMILES string of the molecule is COc1ccc2c(CN3CCC4(CC3)OCCCO4)cn(CCCc3ccccc3)c2c1. The standard InChI is InChI=1S/C27H34N2O3/c1-30-24-10-11-25-23(20-28-15-12-27(13-16-28)31-17-6-18-32-27)21-29(26(25)19-24)14-5-9-22-7-3-2-4-8-22/h2-4,7-8,10-11,19,21H,5-6,9,12-18,20H2,1H3. The third kappa shape index (κ3) is 4.70. The molecule has 32 heavy (non-hydrogen) atoms. The molecule has 1 spiro atoms. The van der Waals surface area contributed by atoms with Crippen molar-refractivity contribution in [1.82, 2.24) is 9.47 Å². The first-order valence-corrected chi connectivity index (χ1v) is 11.9. The van der Waals surface area contributed by atoms with Gasteiger partial charge in [0.25, 0.3) is 0 Å². The highest BCUT2D eigenvalue weighted by Gasteiger charge is 2.38. The van der Waals surface area contributed by atoms with E-state index in [-0.39, 0.29) is 5.79 Å². The van der Waals surface area contributed by atoms with E-state index in [1.165, 1.54) is 22.0 Å². The van der Waals surface area contributed by atoms with Crippen molar-refractivity contribution in [1.29, 1.82) is 0 Å². The molecule has 2 aliphatic heterocycles. The maximum atomic E-state index is 6.02. The molecule has 1 aromatic heterocycles. The molecule has 2 fully saturated rings. The molecule has 5 nitrogen and oxygen atoms in total. The Balaban J connectivity index is 1.29. The first kappa shape index (κ1) is 21.5. The summed E-state index contributed by atoms with van der Waals surface area (Å²) in [7, 11) is 1.74. The molecule has 0 bridgehead atoms. The third-order valence-corrected chi connectivity index (χ3v) is 6.91. The lowest BCUT2D eigenvalue weighted by Crippen LogP contribution is -2.49. The summed E-state index contributed by atoms with van der Waals surface area (Å²) in [6, 6.07) is 17.2.